The van der Waals surface area contributed by atoms with Gasteiger partial charge in [-0.25, -0.2) is 18.6 Å². The first-order valence-electron chi connectivity index (χ1n) is 22.2. The molecule has 0 aliphatic carbocycles. The number of halogens is 2. The minimum Gasteiger partial charge on any atom is -0.459 e. The smallest absolute Gasteiger partial charge is 0.340 e. The summed E-state index contributed by atoms with van der Waals surface area (Å²) in [6, 6.07) is 29.7. The zero-order chi connectivity index (χ0) is 52.8. The van der Waals surface area contributed by atoms with Gasteiger partial charge < -0.3 is 35.6 Å². The van der Waals surface area contributed by atoms with Gasteiger partial charge in [-0.2, -0.15) is 10.2 Å². The Balaban J connectivity index is 0.000000214. The van der Waals surface area contributed by atoms with Crippen LogP contribution in [0.15, 0.2) is 134 Å². The van der Waals surface area contributed by atoms with Crippen LogP contribution < -0.4 is 21.3 Å². The number of nitrogens with two attached hydrogens (primary N) is 2. The molecule has 4 heterocycles. The van der Waals surface area contributed by atoms with Gasteiger partial charge in [-0.1, -0.05) is 47.5 Å². The van der Waals surface area contributed by atoms with Crippen molar-refractivity contribution in [2.45, 2.75) is 20.0 Å². The summed E-state index contributed by atoms with van der Waals surface area (Å²) in [4.78, 5) is 90.3. The van der Waals surface area contributed by atoms with E-state index < -0.39 is 30.4 Å². The number of benzene rings is 4. The van der Waals surface area contributed by atoms with E-state index in [1.54, 1.807) is 167 Å². The summed E-state index contributed by atoms with van der Waals surface area (Å²) in [7, 11) is 6.29. The van der Waals surface area contributed by atoms with Gasteiger partial charge in [-0.05, 0) is 110 Å². The second-order valence-electron chi connectivity index (χ2n) is 16.9. The van der Waals surface area contributed by atoms with Crippen molar-refractivity contribution in [1.82, 2.24) is 24.1 Å². The molecule has 0 saturated carbocycles. The first-order chi connectivity index (χ1) is 34.7. The van der Waals surface area contributed by atoms with Gasteiger partial charge in [0.1, 0.15) is 0 Å². The van der Waals surface area contributed by atoms with E-state index in [0.29, 0.717) is 44.7 Å². The van der Waals surface area contributed by atoms with Crippen molar-refractivity contribution in [2.75, 3.05) is 44.6 Å². The molecule has 73 heavy (non-hydrogen) atoms. The van der Waals surface area contributed by atoms with Crippen molar-refractivity contribution >= 4 is 87.1 Å². The Hall–Kier alpha value is -8.87. The number of amides is 5. The Morgan fingerprint density at radius 1 is 0.562 bits per heavy atom. The van der Waals surface area contributed by atoms with E-state index in [-0.39, 0.29) is 45.0 Å². The number of hydrogen-bond acceptors (Lipinski definition) is 11. The third kappa shape index (κ3) is 11.7. The number of ether oxygens (including phenoxy) is 2. The van der Waals surface area contributed by atoms with Gasteiger partial charge in [0.25, 0.3) is 17.7 Å². The molecule has 8 rings (SSSR count). The summed E-state index contributed by atoms with van der Waals surface area (Å²) in [6.45, 7) is 3.07. The number of carbonyl (C=O) groups is 7. The van der Waals surface area contributed by atoms with Crippen molar-refractivity contribution in [3.8, 4) is 22.3 Å². The molecule has 372 valence electrons. The maximum Gasteiger partial charge on any atom is 0.340 e. The molecule has 0 aliphatic rings. The molecule has 0 fully saturated rings. The van der Waals surface area contributed by atoms with Crippen LogP contribution in [0.3, 0.4) is 0 Å². The molecule has 0 bridgehead atoms. The fourth-order valence-corrected chi connectivity index (χ4v) is 7.68. The number of hydrogen-bond donors (Lipinski definition) is 2. The summed E-state index contributed by atoms with van der Waals surface area (Å²) in [5, 5.41) is 9.07. The SMILES string of the molecule is CC(C)OC(=O)c1cc(N(C)C(=O)c2ccn3ncc(-c4ccc(C(N)=O)cc4)c3c2)ccc1Cl.CN(C)C(=O)COC(=O)c1cc(N(C)C(=O)c2ccn3ncc(-c4ccc(C(N)=O)cc4)c3c2)ccc1Cl. The highest BCUT2D eigenvalue weighted by Crippen LogP contribution is 2.30. The molecule has 4 aromatic heterocycles. The van der Waals surface area contributed by atoms with E-state index in [4.69, 9.17) is 44.1 Å². The van der Waals surface area contributed by atoms with Gasteiger partial charge in [-0.3, -0.25) is 24.0 Å². The van der Waals surface area contributed by atoms with Crippen molar-refractivity contribution in [3.05, 3.63) is 177 Å². The summed E-state index contributed by atoms with van der Waals surface area (Å²) < 4.78 is 13.6. The Labute approximate surface area is 428 Å². The predicted octanol–water partition coefficient (Wildman–Crippen LogP) is 7.87. The lowest BCUT2D eigenvalue weighted by Gasteiger charge is -2.19. The average molecular weight is 1020 g/mol. The van der Waals surface area contributed by atoms with Crippen LogP contribution in [0.25, 0.3) is 33.3 Å². The van der Waals surface area contributed by atoms with Crippen LogP contribution in [0.2, 0.25) is 10.0 Å². The number of carbonyl (C=O) groups excluding carboxylic acids is 7. The van der Waals surface area contributed by atoms with Crippen LogP contribution in [0, 0.1) is 0 Å². The normalized spacial score (nSPS) is 10.9. The number of aromatic nitrogens is 4. The first-order valence-corrected chi connectivity index (χ1v) is 23.0. The molecule has 18 nitrogen and oxygen atoms in total. The van der Waals surface area contributed by atoms with Crippen LogP contribution in [0.4, 0.5) is 11.4 Å². The monoisotopic (exact) mass is 1020 g/mol. The highest BCUT2D eigenvalue weighted by molar-refractivity contribution is 6.34. The highest BCUT2D eigenvalue weighted by Gasteiger charge is 2.23. The molecule has 0 aliphatic heterocycles. The topological polar surface area (TPSA) is 234 Å². The summed E-state index contributed by atoms with van der Waals surface area (Å²) >= 11 is 12.4. The lowest BCUT2D eigenvalue weighted by molar-refractivity contribution is -0.131. The predicted molar refractivity (Wildman–Crippen MR) is 276 cm³/mol. The molecule has 0 atom stereocenters. The lowest BCUT2D eigenvalue weighted by Crippen LogP contribution is -2.28. The van der Waals surface area contributed by atoms with Crippen LogP contribution in [0.1, 0.15) is 76.0 Å². The molecule has 0 radical (unpaired) electrons. The van der Waals surface area contributed by atoms with Crippen LogP contribution in [0.5, 0.6) is 0 Å². The Kier molecular flexibility index (Phi) is 15.7. The molecule has 0 unspecified atom stereocenters. The van der Waals surface area contributed by atoms with Crippen molar-refractivity contribution in [3.63, 3.8) is 0 Å². The van der Waals surface area contributed by atoms with Crippen molar-refractivity contribution in [1.29, 1.82) is 0 Å². The van der Waals surface area contributed by atoms with Crippen molar-refractivity contribution < 1.29 is 43.0 Å². The Morgan fingerprint density at radius 2 is 0.973 bits per heavy atom. The lowest BCUT2D eigenvalue weighted by atomic mass is 10.0. The molecule has 4 N–H and O–H groups in total. The number of pyridine rings is 2. The van der Waals surface area contributed by atoms with E-state index in [1.807, 2.05) is 0 Å². The average Bonchev–Trinajstić information content (AvgIpc) is 4.01. The summed E-state index contributed by atoms with van der Waals surface area (Å²) in [6.07, 6.45) is 6.43. The fraction of sp³-hybridized carbons (Fsp3) is 0.151. The van der Waals surface area contributed by atoms with Crippen LogP contribution in [-0.2, 0) is 14.3 Å². The maximum atomic E-state index is 13.4. The van der Waals surface area contributed by atoms with Crippen LogP contribution in [-0.4, -0.2) is 107 Å². The second kappa shape index (κ2) is 22.0. The molecular formula is C53H47Cl2N9O9. The van der Waals surface area contributed by atoms with Gasteiger partial charge in [0.2, 0.25) is 11.8 Å². The van der Waals surface area contributed by atoms with E-state index in [9.17, 15) is 33.6 Å². The maximum absolute atomic E-state index is 13.4. The van der Waals surface area contributed by atoms with Gasteiger partial charge in [0.05, 0.1) is 50.7 Å². The van der Waals surface area contributed by atoms with E-state index in [2.05, 4.69) is 10.2 Å². The molecule has 0 spiro atoms. The summed E-state index contributed by atoms with van der Waals surface area (Å²) in [5.74, 6) is -3.36. The van der Waals surface area contributed by atoms with Crippen LogP contribution >= 0.6 is 23.2 Å². The summed E-state index contributed by atoms with van der Waals surface area (Å²) in [5.41, 5.74) is 18.0. The van der Waals surface area contributed by atoms with Gasteiger partial charge in [0.15, 0.2) is 6.61 Å². The third-order valence-corrected chi connectivity index (χ3v) is 12.0. The number of rotatable bonds is 13. The zero-order valence-electron chi connectivity index (χ0n) is 40.2. The minimum atomic E-state index is -0.777. The fourth-order valence-electron chi connectivity index (χ4n) is 7.29. The van der Waals surface area contributed by atoms with Gasteiger partial charge >= 0.3 is 11.9 Å². The number of likely N-dealkylation sites (N-methyl/N-ethyl adjacent to an activating group) is 1. The van der Waals surface area contributed by atoms with E-state index in [0.717, 1.165) is 22.3 Å². The zero-order valence-corrected chi connectivity index (χ0v) is 41.7. The number of primary amides is 2. The third-order valence-electron chi connectivity index (χ3n) is 11.4. The van der Waals surface area contributed by atoms with E-state index in [1.165, 1.54) is 32.9 Å². The molecule has 0 saturated heterocycles. The minimum absolute atomic E-state index is 0.0308. The Morgan fingerprint density at radius 3 is 1.36 bits per heavy atom. The molecule has 4 aromatic carbocycles. The molecule has 20 heteroatoms. The second-order valence-corrected chi connectivity index (χ2v) is 17.7. The standard InChI is InChI=1S/C27H24ClN5O5.C26H23ClN4O4/c1-31(2)24(34)15-38-27(37)20-13-19(8-9-22(20)28)32(3)26(36)18-10-11-33-23(12-18)21(14-30-33)16-4-6-17(7-5-16)25(29)35;1-15(2)35-26(34)20-13-19(8-9-22(20)27)30(3)25(33)18-10-11-31-23(12-18)21(14-29-31)16-4-6-17(7-5-16)24(28)32/h4-14H,15H2,1-3H3,(H2,29,35);4-15H,1-3H3,(H2,28,32). The number of anilines is 2. The first kappa shape index (κ1) is 52.0. The number of nitrogens with zero attached hydrogens (tertiary/aromatic N) is 7. The molecule has 5 amide bonds. The van der Waals surface area contributed by atoms with E-state index >= 15 is 0 Å². The number of esters is 2. The number of fused-ring (bicyclic) bond motifs is 2. The largest absolute Gasteiger partial charge is 0.459 e. The quantitative estimate of drug-likeness (QED) is 0.105. The van der Waals surface area contributed by atoms with Crippen molar-refractivity contribution in [2.24, 2.45) is 11.5 Å². The van der Waals surface area contributed by atoms with Gasteiger partial charge in [-0.15, -0.1) is 0 Å². The molecular weight excluding hydrogens is 978 g/mol. The molecule has 8 aromatic rings. The Bertz CT molecular complexity index is 3460. The van der Waals surface area contributed by atoms with Gasteiger partial charge in [0, 0.05) is 85.3 Å². The highest BCUT2D eigenvalue weighted by atomic mass is 35.5.